The van der Waals surface area contributed by atoms with Crippen LogP contribution in [-0.2, 0) is 17.9 Å². The number of hydrogen-bond donors (Lipinski definition) is 1. The van der Waals surface area contributed by atoms with Crippen LogP contribution < -0.4 is 5.32 Å². The van der Waals surface area contributed by atoms with Crippen molar-refractivity contribution in [3.63, 3.8) is 0 Å². The number of nitrogens with zero attached hydrogens (tertiary/aromatic N) is 5. The molecule has 0 bridgehead atoms. The summed E-state index contributed by atoms with van der Waals surface area (Å²) in [6.45, 7) is 2.50. The zero-order chi connectivity index (χ0) is 22.8. The van der Waals surface area contributed by atoms with E-state index in [1.54, 1.807) is 40.1 Å². The summed E-state index contributed by atoms with van der Waals surface area (Å²) in [5, 5.41) is 12.6. The number of hydrogen-bond acceptors (Lipinski definition) is 4. The summed E-state index contributed by atoms with van der Waals surface area (Å²) in [7, 11) is 0. The lowest BCUT2D eigenvalue weighted by atomic mass is 10.0. The molecular weight excluding hydrogens is 419 g/mol. The van der Waals surface area contributed by atoms with Crippen molar-refractivity contribution >= 4 is 22.6 Å². The Balaban J connectivity index is 1.34. The molecule has 0 spiro atoms. The van der Waals surface area contributed by atoms with Gasteiger partial charge in [0.05, 0.1) is 24.1 Å². The zero-order valence-electron chi connectivity index (χ0n) is 17.9. The van der Waals surface area contributed by atoms with Gasteiger partial charge >= 0.3 is 0 Å². The monoisotopic (exact) mass is 440 g/mol. The summed E-state index contributed by atoms with van der Waals surface area (Å²) < 4.78 is 16.7. The van der Waals surface area contributed by atoms with Gasteiger partial charge in [-0.1, -0.05) is 42.5 Å². The van der Waals surface area contributed by atoms with Gasteiger partial charge < -0.3 is 5.32 Å². The number of pyridine rings is 1. The van der Waals surface area contributed by atoms with E-state index in [1.165, 1.54) is 12.1 Å². The lowest BCUT2D eigenvalue weighted by Gasteiger charge is -2.06. The van der Waals surface area contributed by atoms with Crippen LogP contribution >= 0.6 is 0 Å². The average molecular weight is 440 g/mol. The molecule has 8 heteroatoms. The van der Waals surface area contributed by atoms with Crippen LogP contribution in [0.1, 0.15) is 11.3 Å². The predicted molar refractivity (Wildman–Crippen MR) is 124 cm³/mol. The number of carbonyl (C=O) groups excluding carboxylic acids is 1. The second kappa shape index (κ2) is 8.66. The number of nitrogens with one attached hydrogen (secondary N) is 1. The largest absolute Gasteiger partial charge is 0.322 e. The lowest BCUT2D eigenvalue weighted by Crippen LogP contribution is -2.19. The molecule has 1 amide bonds. The minimum absolute atomic E-state index is 0.00801. The van der Waals surface area contributed by atoms with Gasteiger partial charge in [0.25, 0.3) is 0 Å². The molecule has 0 atom stereocenters. The molecule has 2 aromatic carbocycles. The van der Waals surface area contributed by atoms with Gasteiger partial charge in [-0.15, -0.1) is 0 Å². The Labute approximate surface area is 189 Å². The van der Waals surface area contributed by atoms with Crippen molar-refractivity contribution < 1.29 is 9.18 Å². The van der Waals surface area contributed by atoms with Gasteiger partial charge in [0.2, 0.25) is 5.91 Å². The number of benzene rings is 2. The van der Waals surface area contributed by atoms with Crippen LogP contribution in [0, 0.1) is 12.7 Å². The summed E-state index contributed by atoms with van der Waals surface area (Å²) in [6, 6.07) is 18.1. The Morgan fingerprint density at radius 2 is 1.85 bits per heavy atom. The Bertz CT molecular complexity index is 1420. The Morgan fingerprint density at radius 3 is 2.64 bits per heavy atom. The highest BCUT2D eigenvalue weighted by atomic mass is 19.1. The number of rotatable bonds is 6. The van der Waals surface area contributed by atoms with Gasteiger partial charge in [-0.2, -0.15) is 10.2 Å². The van der Waals surface area contributed by atoms with Crippen LogP contribution in [0.5, 0.6) is 0 Å². The highest BCUT2D eigenvalue weighted by Crippen LogP contribution is 2.29. The maximum atomic E-state index is 13.4. The number of carbonyl (C=O) groups is 1. The molecule has 164 valence electrons. The van der Waals surface area contributed by atoms with E-state index in [9.17, 15) is 9.18 Å². The lowest BCUT2D eigenvalue weighted by molar-refractivity contribution is -0.116. The maximum absolute atomic E-state index is 13.4. The van der Waals surface area contributed by atoms with Crippen LogP contribution in [0.3, 0.4) is 0 Å². The number of aryl methyl sites for hydroxylation is 1. The van der Waals surface area contributed by atoms with Crippen LogP contribution in [0.2, 0.25) is 0 Å². The molecule has 0 saturated carbocycles. The first-order valence-corrected chi connectivity index (χ1v) is 10.5. The second-order valence-electron chi connectivity index (χ2n) is 7.77. The molecule has 7 nitrogen and oxygen atoms in total. The van der Waals surface area contributed by atoms with Crippen molar-refractivity contribution in [3.8, 4) is 11.1 Å². The SMILES string of the molecule is Cc1nn(CC(=O)Nc2cnn(Cc3ccccc3)c2)c2nccc(-c3ccc(F)cc3)c12. The summed E-state index contributed by atoms with van der Waals surface area (Å²) in [4.78, 5) is 17.2. The first-order chi connectivity index (χ1) is 16.1. The molecule has 33 heavy (non-hydrogen) atoms. The van der Waals surface area contributed by atoms with Crippen molar-refractivity contribution in [2.24, 2.45) is 0 Å². The standard InChI is InChI=1S/C25H21FN6O/c1-17-24-22(19-7-9-20(26)10-8-19)11-12-27-25(24)32(30-17)16-23(33)29-21-13-28-31(15-21)14-18-5-3-2-4-6-18/h2-13,15H,14,16H2,1H3,(H,29,33). The van der Waals surface area contributed by atoms with Gasteiger partial charge in [0.1, 0.15) is 12.4 Å². The molecule has 0 aliphatic heterocycles. The highest BCUT2D eigenvalue weighted by Gasteiger charge is 2.16. The summed E-state index contributed by atoms with van der Waals surface area (Å²) in [5.41, 5.74) is 4.85. The minimum Gasteiger partial charge on any atom is -0.322 e. The van der Waals surface area contributed by atoms with Gasteiger partial charge in [0, 0.05) is 17.8 Å². The van der Waals surface area contributed by atoms with Crippen molar-refractivity contribution in [3.05, 3.63) is 96.3 Å². The van der Waals surface area contributed by atoms with E-state index < -0.39 is 0 Å². The molecule has 3 heterocycles. The summed E-state index contributed by atoms with van der Waals surface area (Å²) in [6.07, 6.45) is 5.09. The topological polar surface area (TPSA) is 77.6 Å². The van der Waals surface area contributed by atoms with Gasteiger partial charge in [-0.05, 0) is 41.8 Å². The van der Waals surface area contributed by atoms with E-state index in [2.05, 4.69) is 20.5 Å². The third-order valence-corrected chi connectivity index (χ3v) is 5.36. The molecule has 0 aliphatic rings. The van der Waals surface area contributed by atoms with Gasteiger partial charge in [0.15, 0.2) is 5.65 Å². The number of amides is 1. The van der Waals surface area contributed by atoms with Crippen LogP contribution in [0.25, 0.3) is 22.2 Å². The molecule has 0 fully saturated rings. The fourth-order valence-electron chi connectivity index (χ4n) is 3.88. The van der Waals surface area contributed by atoms with Gasteiger partial charge in [-0.3, -0.25) is 9.48 Å². The summed E-state index contributed by atoms with van der Waals surface area (Å²) >= 11 is 0. The number of anilines is 1. The van der Waals surface area contributed by atoms with E-state index >= 15 is 0 Å². The smallest absolute Gasteiger partial charge is 0.246 e. The molecule has 0 radical (unpaired) electrons. The van der Waals surface area contributed by atoms with E-state index in [-0.39, 0.29) is 18.3 Å². The second-order valence-corrected chi connectivity index (χ2v) is 7.77. The fraction of sp³-hybridized carbons (Fsp3) is 0.120. The Morgan fingerprint density at radius 1 is 1.06 bits per heavy atom. The Kier molecular flexibility index (Phi) is 5.40. The maximum Gasteiger partial charge on any atom is 0.246 e. The van der Waals surface area contributed by atoms with E-state index in [0.717, 1.165) is 27.8 Å². The third kappa shape index (κ3) is 4.36. The molecule has 5 rings (SSSR count). The van der Waals surface area contributed by atoms with Crippen molar-refractivity contribution in [2.75, 3.05) is 5.32 Å². The highest BCUT2D eigenvalue weighted by molar-refractivity contribution is 5.96. The Hall–Kier alpha value is -4.33. The third-order valence-electron chi connectivity index (χ3n) is 5.36. The quantitative estimate of drug-likeness (QED) is 0.424. The zero-order valence-corrected chi connectivity index (χ0v) is 17.9. The first-order valence-electron chi connectivity index (χ1n) is 10.5. The summed E-state index contributed by atoms with van der Waals surface area (Å²) in [5.74, 6) is -0.520. The molecule has 0 unspecified atom stereocenters. The average Bonchev–Trinajstić information content (AvgIpc) is 3.38. The number of fused-ring (bicyclic) bond motifs is 1. The van der Waals surface area contributed by atoms with Gasteiger partial charge in [-0.25, -0.2) is 14.1 Å². The minimum atomic E-state index is -0.291. The molecule has 0 saturated heterocycles. The molecule has 5 aromatic rings. The van der Waals surface area contributed by atoms with E-state index in [0.29, 0.717) is 17.9 Å². The van der Waals surface area contributed by atoms with Crippen LogP contribution in [-0.4, -0.2) is 30.5 Å². The molecule has 1 N–H and O–H groups in total. The van der Waals surface area contributed by atoms with Crippen molar-refractivity contribution in [1.29, 1.82) is 0 Å². The normalized spacial score (nSPS) is 11.1. The van der Waals surface area contributed by atoms with Crippen molar-refractivity contribution in [2.45, 2.75) is 20.0 Å². The number of aromatic nitrogens is 5. The van der Waals surface area contributed by atoms with E-state index in [4.69, 9.17) is 0 Å². The molecule has 0 aliphatic carbocycles. The van der Waals surface area contributed by atoms with Crippen molar-refractivity contribution in [1.82, 2.24) is 24.5 Å². The van der Waals surface area contributed by atoms with Crippen LogP contribution in [0.4, 0.5) is 10.1 Å². The first kappa shape index (κ1) is 20.6. The number of halogens is 1. The van der Waals surface area contributed by atoms with Crippen LogP contribution in [0.15, 0.2) is 79.3 Å². The van der Waals surface area contributed by atoms with E-state index in [1.807, 2.05) is 43.3 Å². The molecule has 3 aromatic heterocycles. The fourth-order valence-corrected chi connectivity index (χ4v) is 3.88. The predicted octanol–water partition coefficient (Wildman–Crippen LogP) is 4.43. The molecular formula is C25H21FN6O.